The van der Waals surface area contributed by atoms with Gasteiger partial charge in [0, 0.05) is 17.2 Å². The van der Waals surface area contributed by atoms with Crippen molar-refractivity contribution < 1.29 is 22.4 Å². The molecule has 1 aliphatic heterocycles. The van der Waals surface area contributed by atoms with Gasteiger partial charge in [-0.1, -0.05) is 106 Å². The number of aromatic nitrogens is 2. The Morgan fingerprint density at radius 2 is 1.45 bits per heavy atom. The first-order valence-corrected chi connectivity index (χ1v) is 19.5. The second-order valence-electron chi connectivity index (χ2n) is 13.2. The minimum Gasteiger partial charge on any atom is -0.470 e. The van der Waals surface area contributed by atoms with Crippen LogP contribution in [-0.4, -0.2) is 51.9 Å². The fraction of sp³-hybridized carbons (Fsp3) is 0.237. The molecular weight excluding hydrogens is 653 g/mol. The average molecular weight is 693 g/mol. The van der Waals surface area contributed by atoms with E-state index >= 15 is 0 Å². The van der Waals surface area contributed by atoms with Crippen LogP contribution in [0.15, 0.2) is 114 Å². The summed E-state index contributed by atoms with van der Waals surface area (Å²) >= 11 is 0. The Labute approximate surface area is 288 Å². The molecule has 2 heterocycles. The third kappa shape index (κ3) is 7.00. The Bertz CT molecular complexity index is 2030. The van der Waals surface area contributed by atoms with Crippen LogP contribution in [0.1, 0.15) is 42.3 Å². The van der Waals surface area contributed by atoms with Gasteiger partial charge in [-0.15, -0.1) is 0 Å². The van der Waals surface area contributed by atoms with Gasteiger partial charge in [0.2, 0.25) is 11.8 Å². The third-order valence-electron chi connectivity index (χ3n) is 8.75. The van der Waals surface area contributed by atoms with Gasteiger partial charge in [-0.3, -0.25) is 4.79 Å². The second kappa shape index (κ2) is 13.6. The highest BCUT2D eigenvalue weighted by molar-refractivity contribution is 7.92. The van der Waals surface area contributed by atoms with Crippen LogP contribution in [0.2, 0.25) is 5.04 Å². The molecule has 1 aliphatic rings. The Morgan fingerprint density at radius 1 is 0.837 bits per heavy atom. The van der Waals surface area contributed by atoms with Gasteiger partial charge in [0.25, 0.3) is 24.2 Å². The van der Waals surface area contributed by atoms with Crippen molar-refractivity contribution in [2.24, 2.45) is 0 Å². The molecule has 0 unspecified atom stereocenters. The van der Waals surface area contributed by atoms with Crippen molar-refractivity contribution in [2.75, 3.05) is 17.9 Å². The highest BCUT2D eigenvalue weighted by atomic mass is 32.2. The first kappa shape index (κ1) is 34.0. The topological polar surface area (TPSA) is 120 Å². The molecule has 0 spiro atoms. The number of nitrogens with one attached hydrogen (secondary N) is 2. The monoisotopic (exact) mass is 692 g/mol. The van der Waals surface area contributed by atoms with Gasteiger partial charge in [0.1, 0.15) is 6.10 Å². The maximum atomic E-state index is 13.5. The fourth-order valence-electron chi connectivity index (χ4n) is 6.45. The predicted octanol–water partition coefficient (Wildman–Crippen LogP) is 5.63. The molecule has 0 fully saturated rings. The number of benzene rings is 4. The number of carbonyl (C=O) groups is 1. The molecule has 1 aromatic heterocycles. The van der Waals surface area contributed by atoms with Crippen LogP contribution in [0.5, 0.6) is 5.88 Å². The van der Waals surface area contributed by atoms with Crippen LogP contribution in [-0.2, 0) is 14.4 Å². The largest absolute Gasteiger partial charge is 0.470 e. The SMILES string of the molecule is Cc1cccc(C)c1-c1cc2nc(n1)NS(=O)(=O)c1cccc(c1)C(=O)NC[C@H](CO[Si](c1ccccc1)(c1ccccc1)C(C)(C)C)O2. The summed E-state index contributed by atoms with van der Waals surface area (Å²) in [6.07, 6.45) is -0.709. The minimum atomic E-state index is -4.15. The summed E-state index contributed by atoms with van der Waals surface area (Å²) in [7, 11) is -7.13. The van der Waals surface area contributed by atoms with Crippen molar-refractivity contribution in [1.29, 1.82) is 0 Å². The highest BCUT2D eigenvalue weighted by Gasteiger charge is 2.50. The molecule has 11 heteroatoms. The Hall–Kier alpha value is -4.84. The van der Waals surface area contributed by atoms with Gasteiger partial charge in [-0.2, -0.15) is 4.98 Å². The Morgan fingerprint density at radius 3 is 2.06 bits per heavy atom. The van der Waals surface area contributed by atoms with Crippen molar-refractivity contribution >= 4 is 40.6 Å². The van der Waals surface area contributed by atoms with E-state index in [0.29, 0.717) is 5.69 Å². The summed E-state index contributed by atoms with van der Waals surface area (Å²) in [5, 5.41) is 4.87. The predicted molar refractivity (Wildman–Crippen MR) is 195 cm³/mol. The molecule has 5 aromatic rings. The second-order valence-corrected chi connectivity index (χ2v) is 19.2. The van der Waals surface area contributed by atoms with E-state index in [9.17, 15) is 13.2 Å². The maximum absolute atomic E-state index is 13.5. The number of sulfonamides is 1. The molecule has 49 heavy (non-hydrogen) atoms. The zero-order valence-electron chi connectivity index (χ0n) is 28.2. The number of carbonyl (C=O) groups excluding carboxylic acids is 1. The van der Waals surface area contributed by atoms with Crippen LogP contribution in [0, 0.1) is 13.8 Å². The number of fused-ring (bicyclic) bond motifs is 4. The lowest BCUT2D eigenvalue weighted by Gasteiger charge is -2.43. The number of ether oxygens (including phenoxy) is 1. The molecule has 1 atom stereocenters. The number of hydrogen-bond acceptors (Lipinski definition) is 7. The van der Waals surface area contributed by atoms with Crippen LogP contribution in [0.25, 0.3) is 11.3 Å². The zero-order chi connectivity index (χ0) is 34.8. The smallest absolute Gasteiger partial charge is 0.264 e. The number of amides is 1. The maximum Gasteiger partial charge on any atom is 0.264 e. The standard InChI is InChI=1S/C38H40N4O5SSi/c1-26-14-12-15-27(2)35(26)33-23-34-41-37(40-33)42-48(44,45)30-17-13-16-28(22-30)36(43)39-24-29(47-34)25-46-49(38(3,4)5,31-18-8-6-9-19-31)32-20-10-7-11-21-32/h6-23,29H,24-25H2,1-5H3,(H,39,43)(H,40,41,42)/t29-/m1/s1. The van der Waals surface area contributed by atoms with Crippen molar-refractivity contribution in [1.82, 2.24) is 15.3 Å². The van der Waals surface area contributed by atoms with Gasteiger partial charge in [0.15, 0.2) is 0 Å². The first-order valence-electron chi connectivity index (χ1n) is 16.2. The van der Waals surface area contributed by atoms with Crippen molar-refractivity contribution in [3.05, 3.63) is 126 Å². The first-order chi connectivity index (χ1) is 23.4. The molecule has 1 amide bonds. The van der Waals surface area contributed by atoms with E-state index < -0.39 is 30.4 Å². The zero-order valence-corrected chi connectivity index (χ0v) is 30.0. The third-order valence-corrected chi connectivity index (χ3v) is 15.1. The number of aryl methyl sites for hydroxylation is 2. The number of hydrogen-bond donors (Lipinski definition) is 2. The van der Waals surface area contributed by atoms with E-state index in [2.05, 4.69) is 65.0 Å². The molecule has 9 nitrogen and oxygen atoms in total. The minimum absolute atomic E-state index is 0.0690. The molecule has 0 saturated carbocycles. The van der Waals surface area contributed by atoms with Crippen LogP contribution in [0.4, 0.5) is 5.95 Å². The van der Waals surface area contributed by atoms with E-state index in [1.165, 1.54) is 18.2 Å². The van der Waals surface area contributed by atoms with E-state index in [4.69, 9.17) is 9.16 Å². The molecular formula is C38H40N4O5SSi. The lowest BCUT2D eigenvalue weighted by Crippen LogP contribution is -2.67. The molecule has 0 radical (unpaired) electrons. The van der Waals surface area contributed by atoms with Crippen molar-refractivity contribution in [3.63, 3.8) is 0 Å². The summed E-state index contributed by atoms with van der Waals surface area (Å²) < 4.78 is 43.3. The lowest BCUT2D eigenvalue weighted by molar-refractivity contribution is 0.0875. The van der Waals surface area contributed by atoms with E-state index in [-0.39, 0.29) is 40.5 Å². The lowest BCUT2D eigenvalue weighted by atomic mass is 10.00. The molecule has 0 saturated heterocycles. The summed E-state index contributed by atoms with van der Waals surface area (Å²) in [5.74, 6) is -0.447. The quantitative estimate of drug-likeness (QED) is 0.222. The highest BCUT2D eigenvalue weighted by Crippen LogP contribution is 2.37. The molecule has 6 rings (SSSR count). The number of anilines is 1. The van der Waals surface area contributed by atoms with Gasteiger partial charge >= 0.3 is 0 Å². The van der Waals surface area contributed by atoms with E-state index in [0.717, 1.165) is 27.1 Å². The van der Waals surface area contributed by atoms with Gasteiger partial charge < -0.3 is 14.5 Å². The van der Waals surface area contributed by atoms with E-state index in [1.54, 1.807) is 12.1 Å². The summed E-state index contributed by atoms with van der Waals surface area (Å²) in [6.45, 7) is 10.7. The van der Waals surface area contributed by atoms with Crippen molar-refractivity contribution in [3.8, 4) is 17.1 Å². The molecule has 4 aromatic carbocycles. The number of rotatable bonds is 6. The summed E-state index contributed by atoms with van der Waals surface area (Å²) in [6, 6.07) is 34.0. The molecule has 2 N–H and O–H groups in total. The fourth-order valence-corrected chi connectivity index (χ4v) is 12.0. The average Bonchev–Trinajstić information content (AvgIpc) is 3.07. The summed E-state index contributed by atoms with van der Waals surface area (Å²) in [4.78, 5) is 22.5. The Balaban J connectivity index is 1.47. The Kier molecular flexibility index (Phi) is 9.43. The van der Waals surface area contributed by atoms with Crippen molar-refractivity contribution in [2.45, 2.75) is 50.7 Å². The van der Waals surface area contributed by atoms with Gasteiger partial charge in [-0.05, 0) is 58.6 Å². The van der Waals surface area contributed by atoms with Crippen LogP contribution >= 0.6 is 0 Å². The molecule has 0 aliphatic carbocycles. The molecule has 252 valence electrons. The van der Waals surface area contributed by atoms with Crippen LogP contribution < -0.4 is 25.1 Å². The van der Waals surface area contributed by atoms with E-state index in [1.807, 2.05) is 68.4 Å². The summed E-state index contributed by atoms with van der Waals surface area (Å²) in [5.41, 5.74) is 3.45. The van der Waals surface area contributed by atoms with Crippen LogP contribution in [0.3, 0.4) is 0 Å². The van der Waals surface area contributed by atoms with Gasteiger partial charge in [0.05, 0.1) is 23.7 Å². The van der Waals surface area contributed by atoms with Gasteiger partial charge in [-0.25, -0.2) is 18.1 Å². The molecule has 4 bridgehead atoms. The normalized spacial score (nSPS) is 16.2. The number of nitrogens with zero attached hydrogens (tertiary/aromatic N) is 2.